The molecular weight excluding hydrogens is 356 g/mol. The van der Waals surface area contributed by atoms with Gasteiger partial charge in [-0.3, -0.25) is 4.79 Å². The topological polar surface area (TPSA) is 59.8 Å². The number of thioether (sulfide) groups is 1. The van der Waals surface area contributed by atoms with Gasteiger partial charge in [0.05, 0.1) is 5.25 Å². The Labute approximate surface area is 164 Å². The quantitative estimate of drug-likeness (QED) is 0.620. The van der Waals surface area contributed by atoms with E-state index in [1.807, 2.05) is 56.3 Å². The van der Waals surface area contributed by atoms with Crippen molar-refractivity contribution in [2.75, 3.05) is 5.32 Å². The van der Waals surface area contributed by atoms with Gasteiger partial charge in [0, 0.05) is 18.7 Å². The number of amides is 1. The Bertz CT molecular complexity index is 908. The number of nitrogens with zero attached hydrogens (tertiary/aromatic N) is 3. The molecule has 0 saturated carbocycles. The molecule has 1 amide bonds. The van der Waals surface area contributed by atoms with Crippen molar-refractivity contribution in [2.45, 2.75) is 44.1 Å². The second-order valence-electron chi connectivity index (χ2n) is 6.42. The third-order valence-corrected chi connectivity index (χ3v) is 5.33. The Morgan fingerprint density at radius 3 is 2.63 bits per heavy atom. The summed E-state index contributed by atoms with van der Waals surface area (Å²) in [7, 11) is 0. The number of aromatic nitrogens is 3. The molecule has 0 aliphatic heterocycles. The summed E-state index contributed by atoms with van der Waals surface area (Å²) in [6, 6.07) is 18.0. The SMILES string of the molecule is CCn1c(Cc2ccccc2)nnc1SC(C)C(=O)Nc1cccc(C)c1. The standard InChI is InChI=1S/C21H24N4OS/c1-4-25-19(14-17-10-6-5-7-11-17)23-24-21(25)27-16(3)20(26)22-18-12-8-9-15(2)13-18/h5-13,16H,4,14H2,1-3H3,(H,22,26). The highest BCUT2D eigenvalue weighted by Crippen LogP contribution is 2.24. The van der Waals surface area contributed by atoms with Crippen LogP contribution in [0.1, 0.15) is 30.8 Å². The van der Waals surface area contributed by atoms with Crippen LogP contribution in [-0.4, -0.2) is 25.9 Å². The van der Waals surface area contributed by atoms with Crippen molar-refractivity contribution >= 4 is 23.4 Å². The number of hydrogen-bond donors (Lipinski definition) is 1. The van der Waals surface area contributed by atoms with E-state index in [9.17, 15) is 4.79 Å². The van der Waals surface area contributed by atoms with E-state index in [1.165, 1.54) is 17.3 Å². The van der Waals surface area contributed by atoms with Gasteiger partial charge in [0.1, 0.15) is 5.82 Å². The summed E-state index contributed by atoms with van der Waals surface area (Å²) in [6.45, 7) is 6.73. The van der Waals surface area contributed by atoms with Crippen LogP contribution in [0.3, 0.4) is 0 Å². The van der Waals surface area contributed by atoms with Crippen LogP contribution in [0.15, 0.2) is 59.8 Å². The van der Waals surface area contributed by atoms with Gasteiger partial charge in [0.15, 0.2) is 5.16 Å². The van der Waals surface area contributed by atoms with Crippen LogP contribution in [0.4, 0.5) is 5.69 Å². The zero-order valence-corrected chi connectivity index (χ0v) is 16.7. The summed E-state index contributed by atoms with van der Waals surface area (Å²) >= 11 is 1.44. The van der Waals surface area contributed by atoms with Crippen molar-refractivity contribution in [1.82, 2.24) is 14.8 Å². The van der Waals surface area contributed by atoms with Gasteiger partial charge in [-0.1, -0.05) is 54.2 Å². The first-order valence-electron chi connectivity index (χ1n) is 9.07. The summed E-state index contributed by atoms with van der Waals surface area (Å²) in [6.07, 6.45) is 0.728. The molecule has 0 radical (unpaired) electrons. The predicted octanol–water partition coefficient (Wildman–Crippen LogP) is 4.32. The molecule has 3 aromatic rings. The van der Waals surface area contributed by atoms with Crippen molar-refractivity contribution in [2.24, 2.45) is 0 Å². The fourth-order valence-corrected chi connectivity index (χ4v) is 3.74. The summed E-state index contributed by atoms with van der Waals surface area (Å²) in [5, 5.41) is 12.1. The van der Waals surface area contributed by atoms with E-state index in [-0.39, 0.29) is 11.2 Å². The lowest BCUT2D eigenvalue weighted by atomic mass is 10.1. The highest BCUT2D eigenvalue weighted by atomic mass is 32.2. The normalized spacial score (nSPS) is 12.0. The number of anilines is 1. The van der Waals surface area contributed by atoms with Crippen LogP contribution in [-0.2, 0) is 17.8 Å². The Morgan fingerprint density at radius 2 is 1.93 bits per heavy atom. The van der Waals surface area contributed by atoms with Gasteiger partial charge in [0.2, 0.25) is 5.91 Å². The Hall–Kier alpha value is -2.60. The minimum absolute atomic E-state index is 0.0409. The number of benzene rings is 2. The van der Waals surface area contributed by atoms with Crippen molar-refractivity contribution in [3.05, 3.63) is 71.5 Å². The van der Waals surface area contributed by atoms with Crippen molar-refractivity contribution in [1.29, 1.82) is 0 Å². The fourth-order valence-electron chi connectivity index (χ4n) is 2.81. The zero-order chi connectivity index (χ0) is 19.2. The zero-order valence-electron chi connectivity index (χ0n) is 15.8. The van der Waals surface area contributed by atoms with Crippen LogP contribution < -0.4 is 5.32 Å². The lowest BCUT2D eigenvalue weighted by Crippen LogP contribution is -2.23. The molecular formula is C21H24N4OS. The maximum atomic E-state index is 12.5. The molecule has 1 aromatic heterocycles. The average molecular weight is 381 g/mol. The molecule has 0 aliphatic rings. The number of carbonyl (C=O) groups excluding carboxylic acids is 1. The maximum Gasteiger partial charge on any atom is 0.237 e. The van der Waals surface area contributed by atoms with E-state index in [1.54, 1.807) is 0 Å². The molecule has 1 heterocycles. The minimum atomic E-state index is -0.274. The monoisotopic (exact) mass is 380 g/mol. The van der Waals surface area contributed by atoms with Crippen LogP contribution in [0.5, 0.6) is 0 Å². The van der Waals surface area contributed by atoms with Crippen LogP contribution >= 0.6 is 11.8 Å². The fraction of sp³-hybridized carbons (Fsp3) is 0.286. The number of rotatable bonds is 7. The Kier molecular flexibility index (Phi) is 6.29. The average Bonchev–Trinajstić information content (AvgIpc) is 3.03. The molecule has 5 nitrogen and oxygen atoms in total. The van der Waals surface area contributed by atoms with Gasteiger partial charge < -0.3 is 9.88 Å². The Balaban J connectivity index is 1.68. The molecule has 0 saturated heterocycles. The van der Waals surface area contributed by atoms with E-state index in [2.05, 4.69) is 39.1 Å². The molecule has 1 atom stereocenters. The number of aryl methyl sites for hydroxylation is 1. The van der Waals surface area contributed by atoms with Crippen LogP contribution in [0.2, 0.25) is 0 Å². The molecule has 0 spiro atoms. The summed E-state index contributed by atoms with van der Waals surface area (Å²) in [5.74, 6) is 0.873. The number of carbonyl (C=O) groups is 1. The first-order chi connectivity index (χ1) is 13.1. The van der Waals surface area contributed by atoms with Gasteiger partial charge in [-0.15, -0.1) is 10.2 Å². The maximum absolute atomic E-state index is 12.5. The van der Waals surface area contributed by atoms with Gasteiger partial charge in [0.25, 0.3) is 0 Å². The second-order valence-corrected chi connectivity index (χ2v) is 7.73. The van der Waals surface area contributed by atoms with E-state index in [0.29, 0.717) is 0 Å². The largest absolute Gasteiger partial charge is 0.325 e. The predicted molar refractivity (Wildman–Crippen MR) is 110 cm³/mol. The van der Waals surface area contributed by atoms with E-state index < -0.39 is 0 Å². The molecule has 140 valence electrons. The second kappa shape index (κ2) is 8.86. The molecule has 0 bridgehead atoms. The van der Waals surface area contributed by atoms with Crippen molar-refractivity contribution in [3.8, 4) is 0 Å². The molecule has 3 rings (SSSR count). The lowest BCUT2D eigenvalue weighted by Gasteiger charge is -2.13. The van der Waals surface area contributed by atoms with Crippen LogP contribution in [0.25, 0.3) is 0 Å². The smallest absolute Gasteiger partial charge is 0.237 e. The molecule has 0 fully saturated rings. The highest BCUT2D eigenvalue weighted by Gasteiger charge is 2.20. The molecule has 2 aromatic carbocycles. The van der Waals surface area contributed by atoms with E-state index in [4.69, 9.17) is 0 Å². The van der Waals surface area contributed by atoms with Gasteiger partial charge >= 0.3 is 0 Å². The minimum Gasteiger partial charge on any atom is -0.325 e. The summed E-state index contributed by atoms with van der Waals surface area (Å²) < 4.78 is 2.08. The van der Waals surface area contributed by atoms with Gasteiger partial charge in [-0.25, -0.2) is 0 Å². The molecule has 1 N–H and O–H groups in total. The first-order valence-corrected chi connectivity index (χ1v) is 9.95. The summed E-state index contributed by atoms with van der Waals surface area (Å²) in [4.78, 5) is 12.5. The van der Waals surface area contributed by atoms with E-state index >= 15 is 0 Å². The van der Waals surface area contributed by atoms with Gasteiger partial charge in [-0.05, 0) is 44.0 Å². The number of hydrogen-bond acceptors (Lipinski definition) is 4. The first kappa shape index (κ1) is 19.2. The molecule has 27 heavy (non-hydrogen) atoms. The lowest BCUT2D eigenvalue weighted by molar-refractivity contribution is -0.115. The molecule has 1 unspecified atom stereocenters. The Morgan fingerprint density at radius 1 is 1.15 bits per heavy atom. The van der Waals surface area contributed by atoms with Gasteiger partial charge in [-0.2, -0.15) is 0 Å². The van der Waals surface area contributed by atoms with Crippen molar-refractivity contribution < 1.29 is 4.79 Å². The number of nitrogens with one attached hydrogen (secondary N) is 1. The summed E-state index contributed by atoms with van der Waals surface area (Å²) in [5.41, 5.74) is 3.12. The highest BCUT2D eigenvalue weighted by molar-refractivity contribution is 8.00. The molecule has 0 aliphatic carbocycles. The van der Waals surface area contributed by atoms with E-state index in [0.717, 1.165) is 35.2 Å². The van der Waals surface area contributed by atoms with Crippen molar-refractivity contribution in [3.63, 3.8) is 0 Å². The third kappa shape index (κ3) is 4.98. The third-order valence-electron chi connectivity index (χ3n) is 4.25. The van der Waals surface area contributed by atoms with Crippen LogP contribution in [0, 0.1) is 6.92 Å². The molecule has 6 heteroatoms.